The Morgan fingerprint density at radius 3 is 1.55 bits per heavy atom. The molecule has 110 heavy (non-hydrogen) atoms. The van der Waals surface area contributed by atoms with Crippen LogP contribution in [0.2, 0.25) is 0 Å². The SMILES string of the molecule is C[C@@H]1NC(=O)[C@@H]2CSS[C@H](NC(=O)[C@H](Cc3c[nH]c4ccccc34)NC(=O)[C@H](CCCCN)NC[C@](C=O)(CCCCN)NC(=O)[C@H](CCCCN)NC1=O)C(=O)N1CCC[C@H]1C(=O)N[C@@H](Cc1c[nH]cn1)C(=O)N[C@H](Cc1ccccc1)C(=O)N[C@@H](Cc1c[nH]cn1)C(=O)N[C@@H](Cc1c[nH]c3ccccc13)C(=O)N2. The van der Waals surface area contributed by atoms with Crippen molar-refractivity contribution in [2.45, 2.75) is 181 Å². The number of nitrogens with one attached hydrogen (secondary N) is 15. The van der Waals surface area contributed by atoms with Gasteiger partial charge in [0.15, 0.2) is 5.37 Å². The Morgan fingerprint density at radius 1 is 0.500 bits per heavy atom. The van der Waals surface area contributed by atoms with E-state index in [1.807, 2.05) is 30.3 Å². The van der Waals surface area contributed by atoms with Crippen molar-refractivity contribution in [3.63, 3.8) is 0 Å². The van der Waals surface area contributed by atoms with Gasteiger partial charge in [-0.05, 0) is 120 Å². The second-order valence-electron chi connectivity index (χ2n) is 28.0. The van der Waals surface area contributed by atoms with E-state index in [1.54, 1.807) is 60.9 Å². The first-order valence-electron chi connectivity index (χ1n) is 37.3. The van der Waals surface area contributed by atoms with E-state index in [9.17, 15) is 14.4 Å². The lowest BCUT2D eigenvalue weighted by Crippen LogP contribution is -2.63. The van der Waals surface area contributed by atoms with Crippen LogP contribution in [0, 0.1) is 0 Å². The molecule has 12 atom stereocenters. The number of unbranched alkanes of at least 4 members (excludes halogenated alkanes) is 3. The average molecular weight is 1550 g/mol. The largest absolute Gasteiger partial charge is 0.361 e. The number of carbonyl (C=O) groups excluding carboxylic acids is 12. The number of H-pyrrole nitrogens is 4. The fourth-order valence-electron chi connectivity index (χ4n) is 13.8. The van der Waals surface area contributed by atoms with E-state index in [0.717, 1.165) is 21.6 Å². The summed E-state index contributed by atoms with van der Waals surface area (Å²) in [4.78, 5) is 204. The minimum Gasteiger partial charge on any atom is -0.361 e. The van der Waals surface area contributed by atoms with Crippen molar-refractivity contribution in [3.8, 4) is 0 Å². The van der Waals surface area contributed by atoms with Crippen molar-refractivity contribution in [2.24, 2.45) is 17.2 Å². The smallest absolute Gasteiger partial charge is 0.257 e. The zero-order valence-corrected chi connectivity index (χ0v) is 62.9. The summed E-state index contributed by atoms with van der Waals surface area (Å²) < 4.78 is 0. The van der Waals surface area contributed by atoms with Gasteiger partial charge in [-0.2, -0.15) is 0 Å². The Morgan fingerprint density at radius 2 is 0.991 bits per heavy atom. The minimum absolute atomic E-state index is 0.0207. The second-order valence-corrected chi connectivity index (χ2v) is 30.5. The van der Waals surface area contributed by atoms with E-state index in [2.05, 4.69) is 88.4 Å². The van der Waals surface area contributed by atoms with Gasteiger partial charge in [0.2, 0.25) is 59.1 Å². The number of nitrogens with zero attached hydrogens (tertiary/aromatic N) is 3. The molecule has 21 N–H and O–H groups in total. The zero-order chi connectivity index (χ0) is 78.1. The van der Waals surface area contributed by atoms with Gasteiger partial charge in [-0.3, -0.25) is 52.7 Å². The van der Waals surface area contributed by atoms with Gasteiger partial charge in [-0.25, -0.2) is 9.97 Å². The molecule has 3 fully saturated rings. The zero-order valence-electron chi connectivity index (χ0n) is 61.2. The molecule has 33 nitrogen and oxygen atoms in total. The molecule has 3 saturated heterocycles. The molecule has 7 heterocycles. The van der Waals surface area contributed by atoms with Gasteiger partial charge in [0.1, 0.15) is 66.2 Å². The summed E-state index contributed by atoms with van der Waals surface area (Å²) in [6.45, 7) is 1.72. The Balaban J connectivity index is 1.10. The molecular weight excluding hydrogens is 1450 g/mol. The van der Waals surface area contributed by atoms with Crippen molar-refractivity contribution in [1.29, 1.82) is 0 Å². The Kier molecular flexibility index (Phi) is 30.1. The van der Waals surface area contributed by atoms with Crippen LogP contribution in [-0.4, -0.2) is 216 Å². The Bertz CT molecular complexity index is 4300. The molecule has 7 aromatic rings. The number of para-hydroxylation sites is 2. The van der Waals surface area contributed by atoms with Crippen LogP contribution in [-0.2, 0) is 89.6 Å². The number of aromatic amines is 4. The minimum atomic E-state index is -1.74. The van der Waals surface area contributed by atoms with Crippen molar-refractivity contribution >= 4 is 115 Å². The molecule has 0 radical (unpaired) electrons. The molecule has 0 aliphatic carbocycles. The number of rotatable bonds is 23. The third-order valence-electron chi connectivity index (χ3n) is 19.9. The topological polar surface area (TPSA) is 507 Å². The molecule has 4 aromatic heterocycles. The first kappa shape index (κ1) is 82.0. The number of imidazole rings is 2. The number of nitrogens with two attached hydrogens (primary N) is 3. The standard InChI is InChI=1S/C75H99N21O12S2/c1-44-63(98)87-55(23-10-13-27-77)71(106)95-75(41-97,25-11-14-28-78)40-83-54(22-9-12-26-76)64(99)89-58(32-47-36-82-53-21-8-6-19-51(47)53)69(104)94-73-74(108)96-29-15-24-62(96)72(107)92-60(34-49-38-80-43-85-49)68(103)88-56(30-45-16-3-2-4-17-45)65(100)91-59(33-48-37-79-42-84-48)67(102)90-57(31-46-35-81-52-20-7-5-18-50(46)52)66(101)93-61(39-109-110-73)70(105)86-44/h2-8,16-21,35-38,41-44,54-62,73,81-83H,9-15,22-34,39-40,76-78H2,1H3,(H,79,84)(H,80,85)(H,86,105)(H,87,98)(H,88,103)(H,89,99)(H,90,102)(H,91,100)(H,92,107)(H,93,101)(H,94,104)(H,95,106)/t44-,54-,55-,56+,57-,58-,59-,60-,61-,62-,73-,75-/m0/s1. The Hall–Kier alpha value is -10.5. The number of aldehydes is 1. The van der Waals surface area contributed by atoms with Crippen LogP contribution in [0.5, 0.6) is 0 Å². The highest BCUT2D eigenvalue weighted by Crippen LogP contribution is 2.32. The lowest BCUT2D eigenvalue weighted by molar-refractivity contribution is -0.141. The van der Waals surface area contributed by atoms with Gasteiger partial charge in [-0.1, -0.05) is 94.7 Å². The van der Waals surface area contributed by atoms with Gasteiger partial charge in [-0.15, -0.1) is 0 Å². The first-order chi connectivity index (χ1) is 53.2. The van der Waals surface area contributed by atoms with Crippen LogP contribution < -0.4 is 75.7 Å². The molecule has 3 aliphatic rings. The van der Waals surface area contributed by atoms with Crippen LogP contribution in [0.1, 0.15) is 106 Å². The van der Waals surface area contributed by atoms with Crippen LogP contribution in [0.4, 0.5) is 0 Å². The monoisotopic (exact) mass is 1550 g/mol. The number of amides is 11. The maximum Gasteiger partial charge on any atom is 0.257 e. The van der Waals surface area contributed by atoms with Crippen molar-refractivity contribution in [1.82, 2.24) is 93.3 Å². The number of benzene rings is 3. The second kappa shape index (κ2) is 40.3. The molecule has 3 aromatic carbocycles. The van der Waals surface area contributed by atoms with Gasteiger partial charge >= 0.3 is 0 Å². The van der Waals surface area contributed by atoms with Crippen LogP contribution >= 0.6 is 21.6 Å². The van der Waals surface area contributed by atoms with E-state index in [0.29, 0.717) is 94.7 Å². The first-order valence-corrected chi connectivity index (χ1v) is 39.7. The van der Waals surface area contributed by atoms with E-state index in [4.69, 9.17) is 17.2 Å². The molecule has 10 rings (SSSR count). The third kappa shape index (κ3) is 22.4. The summed E-state index contributed by atoms with van der Waals surface area (Å²) >= 11 is 0. The van der Waals surface area contributed by atoms with E-state index < -0.39 is 142 Å². The molecule has 0 spiro atoms. The number of fused-ring (bicyclic) bond motifs is 7. The molecule has 2 bridgehead atoms. The summed E-state index contributed by atoms with van der Waals surface area (Å²) in [7, 11) is 1.59. The Labute approximate surface area is 643 Å². The molecule has 0 saturated carbocycles. The fourth-order valence-corrected chi connectivity index (χ4v) is 16.2. The predicted molar refractivity (Wildman–Crippen MR) is 414 cm³/mol. The molecule has 35 heteroatoms. The summed E-state index contributed by atoms with van der Waals surface area (Å²) in [5.74, 6) is -9.79. The number of hydrogen-bond acceptors (Lipinski definition) is 20. The summed E-state index contributed by atoms with van der Waals surface area (Å²) in [6, 6.07) is 8.81. The normalized spacial score (nSPS) is 25.2. The van der Waals surface area contributed by atoms with Crippen LogP contribution in [0.15, 0.2) is 116 Å². The van der Waals surface area contributed by atoms with Crippen LogP contribution in [0.3, 0.4) is 0 Å². The van der Waals surface area contributed by atoms with Crippen molar-refractivity contribution in [3.05, 3.63) is 144 Å². The van der Waals surface area contributed by atoms with Gasteiger partial charge in [0, 0.05) is 97.5 Å². The van der Waals surface area contributed by atoms with Crippen molar-refractivity contribution in [2.75, 3.05) is 38.5 Å². The van der Waals surface area contributed by atoms with Crippen LogP contribution in [0.25, 0.3) is 21.8 Å². The quantitative estimate of drug-likeness (QED) is 0.0223. The predicted octanol–water partition coefficient (Wildman–Crippen LogP) is -0.252. The van der Waals surface area contributed by atoms with E-state index in [1.165, 1.54) is 36.9 Å². The molecule has 3 aliphatic heterocycles. The van der Waals surface area contributed by atoms with Gasteiger partial charge in [0.25, 0.3) is 5.91 Å². The molecule has 0 unspecified atom stereocenters. The maximum absolute atomic E-state index is 15.9. The molecule has 11 amide bonds. The molecule has 588 valence electrons. The van der Waals surface area contributed by atoms with E-state index in [-0.39, 0.29) is 96.9 Å². The van der Waals surface area contributed by atoms with Crippen molar-refractivity contribution < 1.29 is 57.5 Å². The number of hydrogen-bond donors (Lipinski definition) is 18. The van der Waals surface area contributed by atoms with Gasteiger partial charge < -0.3 is 105 Å². The van der Waals surface area contributed by atoms with E-state index >= 15 is 43.2 Å². The lowest BCUT2D eigenvalue weighted by Gasteiger charge is -2.34. The summed E-state index contributed by atoms with van der Waals surface area (Å²) in [6.07, 6.45) is 11.6. The number of carbonyl (C=O) groups is 12. The fraction of sp³-hybridized carbons (Fsp3) is 0.467. The lowest BCUT2D eigenvalue weighted by atomic mass is 9.92. The maximum atomic E-state index is 15.9. The summed E-state index contributed by atoms with van der Waals surface area (Å²) in [5.41, 5.74) is 19.9. The molecular formula is C75H99N21O12S2. The third-order valence-corrected chi connectivity index (χ3v) is 22.4. The highest BCUT2D eigenvalue weighted by atomic mass is 33.1. The highest BCUT2D eigenvalue weighted by Gasteiger charge is 2.43. The number of aromatic nitrogens is 6. The van der Waals surface area contributed by atoms with Gasteiger partial charge in [0.05, 0.1) is 30.1 Å². The summed E-state index contributed by atoms with van der Waals surface area (Å²) in [5, 5.41) is 31.3. The highest BCUT2D eigenvalue weighted by molar-refractivity contribution is 8.77. The average Bonchev–Trinajstić information content (AvgIpc) is 1.57.